The van der Waals surface area contributed by atoms with Crippen LogP contribution in [-0.4, -0.2) is 17.8 Å². The van der Waals surface area contributed by atoms with Gasteiger partial charge in [-0.2, -0.15) is 0 Å². The van der Waals surface area contributed by atoms with Gasteiger partial charge in [0, 0.05) is 6.04 Å². The van der Waals surface area contributed by atoms with E-state index in [1.807, 2.05) is 0 Å². The Balaban J connectivity index is 4.05. The van der Waals surface area contributed by atoms with Crippen LogP contribution in [0.4, 0.5) is 0 Å². The van der Waals surface area contributed by atoms with Gasteiger partial charge in [-0.1, -0.05) is 27.7 Å². The molecule has 0 atom stereocenters. The SMILES string of the molecule is CC(C)C(NC(=O)CCl)C(C)C. The molecule has 12 heavy (non-hydrogen) atoms. The monoisotopic (exact) mass is 191 g/mol. The van der Waals surface area contributed by atoms with Gasteiger partial charge in [-0.05, 0) is 11.8 Å². The lowest BCUT2D eigenvalue weighted by Gasteiger charge is -2.25. The zero-order valence-corrected chi connectivity index (χ0v) is 8.98. The maximum atomic E-state index is 11.0. The van der Waals surface area contributed by atoms with Gasteiger partial charge < -0.3 is 5.32 Å². The summed E-state index contributed by atoms with van der Waals surface area (Å²) in [5.74, 6) is 0.883. The van der Waals surface area contributed by atoms with Crippen molar-refractivity contribution in [1.29, 1.82) is 0 Å². The summed E-state index contributed by atoms with van der Waals surface area (Å²) in [5.41, 5.74) is 0. The topological polar surface area (TPSA) is 29.1 Å². The molecule has 1 amide bonds. The number of carbonyl (C=O) groups excluding carboxylic acids is 1. The van der Waals surface area contributed by atoms with E-state index < -0.39 is 0 Å². The van der Waals surface area contributed by atoms with Crippen LogP contribution < -0.4 is 5.32 Å². The lowest BCUT2D eigenvalue weighted by Crippen LogP contribution is -2.42. The molecule has 0 radical (unpaired) electrons. The molecule has 0 heterocycles. The zero-order chi connectivity index (χ0) is 9.72. The van der Waals surface area contributed by atoms with E-state index in [4.69, 9.17) is 11.6 Å². The van der Waals surface area contributed by atoms with Crippen molar-refractivity contribution in [2.75, 3.05) is 5.88 Å². The maximum Gasteiger partial charge on any atom is 0.235 e. The molecule has 0 bridgehead atoms. The van der Waals surface area contributed by atoms with E-state index in [0.717, 1.165) is 0 Å². The Morgan fingerprint density at radius 3 is 1.92 bits per heavy atom. The molecule has 72 valence electrons. The Morgan fingerprint density at radius 2 is 1.67 bits per heavy atom. The fraction of sp³-hybridized carbons (Fsp3) is 0.889. The lowest BCUT2D eigenvalue weighted by molar-refractivity contribution is -0.120. The van der Waals surface area contributed by atoms with Crippen LogP contribution in [0.1, 0.15) is 27.7 Å². The van der Waals surface area contributed by atoms with E-state index in [2.05, 4.69) is 33.0 Å². The smallest absolute Gasteiger partial charge is 0.235 e. The molecule has 0 saturated carbocycles. The van der Waals surface area contributed by atoms with Crippen molar-refractivity contribution in [3.05, 3.63) is 0 Å². The van der Waals surface area contributed by atoms with Crippen LogP contribution in [0, 0.1) is 11.8 Å². The number of halogens is 1. The van der Waals surface area contributed by atoms with Gasteiger partial charge in [0.05, 0.1) is 0 Å². The fourth-order valence-electron chi connectivity index (χ4n) is 1.33. The molecule has 0 saturated heterocycles. The first-order valence-corrected chi connectivity index (χ1v) is 4.87. The molecule has 0 aliphatic heterocycles. The van der Waals surface area contributed by atoms with Crippen molar-refractivity contribution in [3.63, 3.8) is 0 Å². The molecule has 0 aliphatic rings. The van der Waals surface area contributed by atoms with Gasteiger partial charge in [-0.3, -0.25) is 4.79 Å². The molecule has 0 aromatic carbocycles. The summed E-state index contributed by atoms with van der Waals surface area (Å²) < 4.78 is 0. The van der Waals surface area contributed by atoms with Crippen LogP contribution in [0.5, 0.6) is 0 Å². The van der Waals surface area contributed by atoms with Crippen molar-refractivity contribution in [2.24, 2.45) is 11.8 Å². The first kappa shape index (κ1) is 11.8. The average molecular weight is 192 g/mol. The average Bonchev–Trinajstić information content (AvgIpc) is 1.98. The normalized spacial score (nSPS) is 11.3. The second-order valence-electron chi connectivity index (χ2n) is 3.71. The number of hydrogen-bond acceptors (Lipinski definition) is 1. The van der Waals surface area contributed by atoms with Crippen LogP contribution >= 0.6 is 11.6 Å². The van der Waals surface area contributed by atoms with Crippen LogP contribution in [0.25, 0.3) is 0 Å². The van der Waals surface area contributed by atoms with E-state index >= 15 is 0 Å². The van der Waals surface area contributed by atoms with Gasteiger partial charge in [-0.15, -0.1) is 11.6 Å². The van der Waals surface area contributed by atoms with E-state index in [1.165, 1.54) is 0 Å². The third-order valence-corrected chi connectivity index (χ3v) is 2.13. The van der Waals surface area contributed by atoms with Crippen LogP contribution in [0.3, 0.4) is 0 Å². The van der Waals surface area contributed by atoms with E-state index in [9.17, 15) is 4.79 Å². The number of carbonyl (C=O) groups is 1. The summed E-state index contributed by atoms with van der Waals surface area (Å²) in [6, 6.07) is 0.233. The highest BCUT2D eigenvalue weighted by molar-refractivity contribution is 6.27. The Kier molecular flexibility index (Phi) is 5.31. The second-order valence-corrected chi connectivity index (χ2v) is 3.98. The summed E-state index contributed by atoms with van der Waals surface area (Å²) in [5, 5.41) is 2.89. The Bertz CT molecular complexity index is 137. The van der Waals surface area contributed by atoms with Gasteiger partial charge in [0.15, 0.2) is 0 Å². The highest BCUT2D eigenvalue weighted by Crippen LogP contribution is 2.11. The summed E-state index contributed by atoms with van der Waals surface area (Å²) in [7, 11) is 0. The number of alkyl halides is 1. The Hall–Kier alpha value is -0.240. The molecule has 0 rings (SSSR count). The number of amides is 1. The fourth-order valence-corrected chi connectivity index (χ4v) is 1.40. The predicted molar refractivity (Wildman–Crippen MR) is 52.3 cm³/mol. The van der Waals surface area contributed by atoms with Crippen molar-refractivity contribution in [3.8, 4) is 0 Å². The van der Waals surface area contributed by atoms with Crippen LogP contribution in [-0.2, 0) is 4.79 Å². The van der Waals surface area contributed by atoms with E-state index in [-0.39, 0.29) is 17.8 Å². The van der Waals surface area contributed by atoms with Crippen LogP contribution in [0.2, 0.25) is 0 Å². The van der Waals surface area contributed by atoms with Gasteiger partial charge in [0.25, 0.3) is 0 Å². The molecule has 0 unspecified atom stereocenters. The van der Waals surface area contributed by atoms with Gasteiger partial charge in [0.2, 0.25) is 5.91 Å². The Morgan fingerprint density at radius 1 is 1.25 bits per heavy atom. The summed E-state index contributed by atoms with van der Waals surface area (Å²) >= 11 is 5.39. The van der Waals surface area contributed by atoms with Crippen molar-refractivity contribution in [1.82, 2.24) is 5.32 Å². The predicted octanol–water partition coefficient (Wildman–Crippen LogP) is 2.02. The van der Waals surface area contributed by atoms with Crippen molar-refractivity contribution in [2.45, 2.75) is 33.7 Å². The highest BCUT2D eigenvalue weighted by atomic mass is 35.5. The number of hydrogen-bond donors (Lipinski definition) is 1. The van der Waals surface area contributed by atoms with Crippen molar-refractivity contribution < 1.29 is 4.79 Å². The van der Waals surface area contributed by atoms with Gasteiger partial charge in [0.1, 0.15) is 5.88 Å². The summed E-state index contributed by atoms with van der Waals surface area (Å²) in [6.45, 7) is 8.39. The van der Waals surface area contributed by atoms with Gasteiger partial charge in [-0.25, -0.2) is 0 Å². The molecule has 0 aliphatic carbocycles. The van der Waals surface area contributed by atoms with Gasteiger partial charge >= 0.3 is 0 Å². The molecule has 0 aromatic heterocycles. The molecule has 3 heteroatoms. The lowest BCUT2D eigenvalue weighted by atomic mass is 9.93. The zero-order valence-electron chi connectivity index (χ0n) is 8.23. The molecule has 0 fully saturated rings. The number of nitrogens with one attached hydrogen (secondary N) is 1. The second kappa shape index (κ2) is 5.41. The minimum absolute atomic E-state index is 0.0515. The third kappa shape index (κ3) is 3.96. The molecule has 2 nitrogen and oxygen atoms in total. The molecule has 0 aromatic rings. The van der Waals surface area contributed by atoms with E-state index in [0.29, 0.717) is 11.8 Å². The van der Waals surface area contributed by atoms with Crippen molar-refractivity contribution >= 4 is 17.5 Å². The Labute approximate surface area is 79.7 Å². The first-order chi connectivity index (χ1) is 5.49. The third-order valence-electron chi connectivity index (χ3n) is 1.89. The molecular weight excluding hydrogens is 174 g/mol. The maximum absolute atomic E-state index is 11.0. The summed E-state index contributed by atoms with van der Waals surface area (Å²) in [4.78, 5) is 11.0. The van der Waals surface area contributed by atoms with E-state index in [1.54, 1.807) is 0 Å². The largest absolute Gasteiger partial charge is 0.352 e. The quantitative estimate of drug-likeness (QED) is 0.677. The summed E-state index contributed by atoms with van der Waals surface area (Å²) in [6.07, 6.45) is 0. The first-order valence-electron chi connectivity index (χ1n) is 4.34. The molecular formula is C9H18ClNO. The van der Waals surface area contributed by atoms with Crippen LogP contribution in [0.15, 0.2) is 0 Å². The minimum Gasteiger partial charge on any atom is -0.352 e. The standard InChI is InChI=1S/C9H18ClNO/c1-6(2)9(7(3)4)11-8(12)5-10/h6-7,9H,5H2,1-4H3,(H,11,12). The molecule has 0 spiro atoms. The number of rotatable bonds is 4. The molecule has 1 N–H and O–H groups in total. The highest BCUT2D eigenvalue weighted by Gasteiger charge is 2.18. The minimum atomic E-state index is -0.0796.